The molecule has 0 saturated carbocycles. The van der Waals surface area contributed by atoms with Gasteiger partial charge in [0.25, 0.3) is 0 Å². The van der Waals surface area contributed by atoms with Crippen LogP contribution in [0.4, 0.5) is 0 Å². The van der Waals surface area contributed by atoms with Gasteiger partial charge in [-0.1, -0.05) is 13.0 Å². The molecule has 3 rings (SSSR count). The smallest absolute Gasteiger partial charge is 0.137 e. The fourth-order valence-corrected chi connectivity index (χ4v) is 2.83. The molecule has 2 N–H and O–H groups in total. The largest absolute Gasteiger partial charge is 0.346 e. The molecule has 2 aromatic rings. The number of hydrogen-bond donors (Lipinski definition) is 2. The Labute approximate surface area is 107 Å². The lowest BCUT2D eigenvalue weighted by molar-refractivity contribution is 0.551. The highest BCUT2D eigenvalue weighted by Crippen LogP contribution is 2.31. The highest BCUT2D eigenvalue weighted by molar-refractivity contribution is 5.91. The summed E-state index contributed by atoms with van der Waals surface area (Å²) in [5.74, 6) is 0. The Morgan fingerprint density at radius 1 is 1.50 bits per heavy atom. The summed E-state index contributed by atoms with van der Waals surface area (Å²) in [6.45, 7) is 3.19. The predicted molar refractivity (Wildman–Crippen MR) is 75.4 cm³/mol. The number of rotatable bonds is 3. The minimum Gasteiger partial charge on any atom is -0.346 e. The molecule has 0 fully saturated rings. The Bertz CT molecular complexity index is 568. The topological polar surface area (TPSA) is 40.7 Å². The Kier molecular flexibility index (Phi) is 3.15. The molecule has 1 aliphatic carbocycles. The third-order valence-electron chi connectivity index (χ3n) is 3.65. The molecular formula is C15H19N3. The van der Waals surface area contributed by atoms with E-state index in [2.05, 4.69) is 40.5 Å². The first-order chi connectivity index (χ1) is 8.90. The van der Waals surface area contributed by atoms with E-state index in [0.717, 1.165) is 12.2 Å². The van der Waals surface area contributed by atoms with Crippen LogP contribution in [-0.2, 0) is 0 Å². The molecule has 0 amide bonds. The van der Waals surface area contributed by atoms with Gasteiger partial charge < -0.3 is 10.3 Å². The zero-order valence-electron chi connectivity index (χ0n) is 10.7. The van der Waals surface area contributed by atoms with Gasteiger partial charge in [0.15, 0.2) is 0 Å². The Morgan fingerprint density at radius 2 is 2.44 bits per heavy atom. The van der Waals surface area contributed by atoms with E-state index in [1.54, 1.807) is 0 Å². The summed E-state index contributed by atoms with van der Waals surface area (Å²) in [6.07, 6.45) is 10.0. The quantitative estimate of drug-likeness (QED) is 0.867. The van der Waals surface area contributed by atoms with Gasteiger partial charge in [-0.3, -0.25) is 0 Å². The van der Waals surface area contributed by atoms with Crippen molar-refractivity contribution in [1.82, 2.24) is 15.3 Å². The average molecular weight is 241 g/mol. The van der Waals surface area contributed by atoms with Crippen LogP contribution in [0.15, 0.2) is 30.6 Å². The molecule has 18 heavy (non-hydrogen) atoms. The van der Waals surface area contributed by atoms with Gasteiger partial charge in [0.2, 0.25) is 0 Å². The lowest BCUT2D eigenvalue weighted by Gasteiger charge is -2.25. The van der Waals surface area contributed by atoms with E-state index in [9.17, 15) is 0 Å². The summed E-state index contributed by atoms with van der Waals surface area (Å²) in [5.41, 5.74) is 3.72. The molecule has 0 aromatic carbocycles. The Morgan fingerprint density at radius 3 is 3.33 bits per heavy atom. The second kappa shape index (κ2) is 4.94. The molecule has 0 saturated heterocycles. The number of likely N-dealkylation sites (N-methyl/N-ethyl adjacent to an activating group) is 1. The van der Waals surface area contributed by atoms with Crippen molar-refractivity contribution in [1.29, 1.82) is 0 Å². The Balaban J connectivity index is 2.04. The van der Waals surface area contributed by atoms with Crippen LogP contribution in [-0.4, -0.2) is 22.6 Å². The van der Waals surface area contributed by atoms with E-state index in [0.29, 0.717) is 6.04 Å². The minimum absolute atomic E-state index is 0.489. The number of allylic oxidation sites excluding steroid dienone is 1. The molecule has 0 unspecified atom stereocenters. The van der Waals surface area contributed by atoms with Crippen LogP contribution in [0, 0.1) is 0 Å². The molecule has 1 aliphatic rings. The summed E-state index contributed by atoms with van der Waals surface area (Å²) in [5, 5.41) is 4.82. The summed E-state index contributed by atoms with van der Waals surface area (Å²) >= 11 is 0. The van der Waals surface area contributed by atoms with Gasteiger partial charge in [0, 0.05) is 29.4 Å². The third-order valence-corrected chi connectivity index (χ3v) is 3.65. The van der Waals surface area contributed by atoms with Crippen molar-refractivity contribution in [2.45, 2.75) is 32.2 Å². The lowest BCUT2D eigenvalue weighted by Crippen LogP contribution is -2.31. The molecule has 0 aliphatic heterocycles. The molecule has 3 nitrogen and oxygen atoms in total. The van der Waals surface area contributed by atoms with E-state index >= 15 is 0 Å². The van der Waals surface area contributed by atoms with Crippen molar-refractivity contribution in [2.24, 2.45) is 0 Å². The van der Waals surface area contributed by atoms with Crippen LogP contribution in [0.2, 0.25) is 0 Å². The number of aromatic amines is 1. The normalized spacial score (nSPS) is 20.1. The first-order valence-corrected chi connectivity index (χ1v) is 6.76. The monoisotopic (exact) mass is 241 g/mol. The SMILES string of the molecule is CCN[C@@H]1CCCC=C1c1c[nH]c2ncccc12. The highest BCUT2D eigenvalue weighted by Gasteiger charge is 2.20. The molecule has 2 aromatic heterocycles. The fourth-order valence-electron chi connectivity index (χ4n) is 2.83. The number of H-pyrrole nitrogens is 1. The zero-order chi connectivity index (χ0) is 12.4. The maximum atomic E-state index is 4.36. The van der Waals surface area contributed by atoms with Crippen LogP contribution < -0.4 is 5.32 Å². The summed E-state index contributed by atoms with van der Waals surface area (Å²) in [4.78, 5) is 7.63. The summed E-state index contributed by atoms with van der Waals surface area (Å²) in [6, 6.07) is 4.64. The maximum absolute atomic E-state index is 4.36. The number of pyridine rings is 1. The van der Waals surface area contributed by atoms with Gasteiger partial charge >= 0.3 is 0 Å². The van der Waals surface area contributed by atoms with Gasteiger partial charge in [-0.2, -0.15) is 0 Å². The zero-order valence-corrected chi connectivity index (χ0v) is 10.7. The molecule has 0 spiro atoms. The second-order valence-corrected chi connectivity index (χ2v) is 4.80. The molecule has 3 heteroatoms. The van der Waals surface area contributed by atoms with E-state index in [-0.39, 0.29) is 0 Å². The average Bonchev–Trinajstić information content (AvgIpc) is 2.84. The molecule has 0 radical (unpaired) electrons. The van der Waals surface area contributed by atoms with Crippen molar-refractivity contribution in [2.75, 3.05) is 6.54 Å². The molecule has 2 heterocycles. The molecule has 0 bridgehead atoms. The van der Waals surface area contributed by atoms with E-state index in [1.165, 1.54) is 35.8 Å². The van der Waals surface area contributed by atoms with Crippen molar-refractivity contribution in [3.63, 3.8) is 0 Å². The van der Waals surface area contributed by atoms with Gasteiger partial charge in [-0.05, 0) is 43.5 Å². The maximum Gasteiger partial charge on any atom is 0.137 e. The fraction of sp³-hybridized carbons (Fsp3) is 0.400. The summed E-state index contributed by atoms with van der Waals surface area (Å²) in [7, 11) is 0. The van der Waals surface area contributed by atoms with Gasteiger partial charge in [-0.15, -0.1) is 0 Å². The minimum atomic E-state index is 0.489. The standard InChI is InChI=1S/C15H19N3/c1-2-16-14-8-4-3-6-11(14)13-10-18-15-12(13)7-5-9-17-15/h5-7,9-10,14,16H,2-4,8H2,1H3,(H,17,18)/t14-/m1/s1. The van der Waals surface area contributed by atoms with Gasteiger partial charge in [0.05, 0.1) is 0 Å². The van der Waals surface area contributed by atoms with E-state index in [4.69, 9.17) is 0 Å². The predicted octanol–water partition coefficient (Wildman–Crippen LogP) is 3.11. The van der Waals surface area contributed by atoms with E-state index in [1.807, 2.05) is 12.3 Å². The number of fused-ring (bicyclic) bond motifs is 1. The van der Waals surface area contributed by atoms with Crippen LogP contribution in [0.5, 0.6) is 0 Å². The highest BCUT2D eigenvalue weighted by atomic mass is 14.9. The molecular weight excluding hydrogens is 222 g/mol. The number of nitrogens with one attached hydrogen (secondary N) is 2. The van der Waals surface area contributed by atoms with Crippen molar-refractivity contribution < 1.29 is 0 Å². The molecule has 1 atom stereocenters. The van der Waals surface area contributed by atoms with Gasteiger partial charge in [0.1, 0.15) is 5.65 Å². The van der Waals surface area contributed by atoms with Gasteiger partial charge in [-0.25, -0.2) is 4.98 Å². The van der Waals surface area contributed by atoms with Crippen LogP contribution >= 0.6 is 0 Å². The molecule has 94 valence electrons. The van der Waals surface area contributed by atoms with Crippen LogP contribution in [0.3, 0.4) is 0 Å². The van der Waals surface area contributed by atoms with Crippen molar-refractivity contribution >= 4 is 16.6 Å². The van der Waals surface area contributed by atoms with Crippen LogP contribution in [0.25, 0.3) is 16.6 Å². The number of nitrogens with zero attached hydrogens (tertiary/aromatic N) is 1. The lowest BCUT2D eigenvalue weighted by atomic mass is 9.89. The number of aromatic nitrogens is 2. The van der Waals surface area contributed by atoms with Crippen molar-refractivity contribution in [3.8, 4) is 0 Å². The van der Waals surface area contributed by atoms with E-state index < -0.39 is 0 Å². The van der Waals surface area contributed by atoms with Crippen LogP contribution in [0.1, 0.15) is 31.7 Å². The first kappa shape index (κ1) is 11.5. The summed E-state index contributed by atoms with van der Waals surface area (Å²) < 4.78 is 0. The third kappa shape index (κ3) is 1.95. The first-order valence-electron chi connectivity index (χ1n) is 6.76. The Hall–Kier alpha value is -1.61. The number of hydrogen-bond acceptors (Lipinski definition) is 2. The van der Waals surface area contributed by atoms with Crippen molar-refractivity contribution in [3.05, 3.63) is 36.2 Å². The second-order valence-electron chi connectivity index (χ2n) is 4.80.